The molecule has 33 heavy (non-hydrogen) atoms. The van der Waals surface area contributed by atoms with Crippen LogP contribution in [0.2, 0.25) is 0 Å². The summed E-state index contributed by atoms with van der Waals surface area (Å²) in [4.78, 5) is 15.9. The second kappa shape index (κ2) is 10.9. The average Bonchev–Trinajstić information content (AvgIpc) is 3.23. The van der Waals surface area contributed by atoms with Crippen LogP contribution in [0.1, 0.15) is 44.5 Å². The fraction of sp³-hybridized carbons (Fsp3) is 0.385. The van der Waals surface area contributed by atoms with Crippen molar-refractivity contribution >= 4 is 17.3 Å². The maximum atomic E-state index is 14.4. The SMILES string of the molecule is CCOC(Cc1ccc(OCCc2csc(-c3ccc(C(C)(C)C)cc3)n2)c(F)c1)C(=O)O. The Morgan fingerprint density at radius 2 is 1.91 bits per heavy atom. The molecule has 1 unspecified atom stereocenters. The lowest BCUT2D eigenvalue weighted by Gasteiger charge is -2.18. The van der Waals surface area contributed by atoms with Gasteiger partial charge in [-0.2, -0.15) is 0 Å². The van der Waals surface area contributed by atoms with Crippen molar-refractivity contribution in [2.45, 2.75) is 52.1 Å². The van der Waals surface area contributed by atoms with E-state index in [1.165, 1.54) is 17.7 Å². The maximum absolute atomic E-state index is 14.4. The Labute approximate surface area is 198 Å². The van der Waals surface area contributed by atoms with Crippen LogP contribution in [0.25, 0.3) is 10.6 Å². The van der Waals surface area contributed by atoms with Gasteiger partial charge in [-0.05, 0) is 35.6 Å². The predicted octanol–water partition coefficient (Wildman–Crippen LogP) is 5.90. The van der Waals surface area contributed by atoms with Crippen LogP contribution in [0.4, 0.5) is 4.39 Å². The van der Waals surface area contributed by atoms with Crippen LogP contribution in [0.3, 0.4) is 0 Å². The highest BCUT2D eigenvalue weighted by atomic mass is 32.1. The normalized spacial score (nSPS) is 12.5. The number of hydrogen-bond donors (Lipinski definition) is 1. The summed E-state index contributed by atoms with van der Waals surface area (Å²) in [6.45, 7) is 8.86. The van der Waals surface area contributed by atoms with Gasteiger partial charge in [-0.3, -0.25) is 0 Å². The van der Waals surface area contributed by atoms with Gasteiger partial charge < -0.3 is 14.6 Å². The molecule has 5 nitrogen and oxygen atoms in total. The highest BCUT2D eigenvalue weighted by Gasteiger charge is 2.19. The van der Waals surface area contributed by atoms with Gasteiger partial charge >= 0.3 is 5.97 Å². The van der Waals surface area contributed by atoms with Crippen LogP contribution >= 0.6 is 11.3 Å². The van der Waals surface area contributed by atoms with Crippen LogP contribution in [0.15, 0.2) is 47.8 Å². The molecule has 2 aromatic carbocycles. The summed E-state index contributed by atoms with van der Waals surface area (Å²) < 4.78 is 25.2. The number of halogens is 1. The number of carbonyl (C=O) groups is 1. The second-order valence-electron chi connectivity index (χ2n) is 8.82. The third-order valence-electron chi connectivity index (χ3n) is 5.23. The Hall–Kier alpha value is -2.77. The Morgan fingerprint density at radius 1 is 1.18 bits per heavy atom. The number of nitrogens with zero attached hydrogens (tertiary/aromatic N) is 1. The Balaban J connectivity index is 1.55. The lowest BCUT2D eigenvalue weighted by molar-refractivity contribution is -0.149. The van der Waals surface area contributed by atoms with Crippen molar-refractivity contribution in [1.82, 2.24) is 4.98 Å². The second-order valence-corrected chi connectivity index (χ2v) is 9.68. The molecule has 0 aliphatic rings. The third-order valence-corrected chi connectivity index (χ3v) is 6.17. The topological polar surface area (TPSA) is 68.7 Å². The Kier molecular flexibility index (Phi) is 8.21. The molecule has 1 heterocycles. The number of thiazole rings is 1. The van der Waals surface area contributed by atoms with Gasteiger partial charge in [0.15, 0.2) is 17.7 Å². The van der Waals surface area contributed by atoms with E-state index in [1.807, 2.05) is 5.38 Å². The molecule has 0 aliphatic heterocycles. The van der Waals surface area contributed by atoms with Gasteiger partial charge in [-0.25, -0.2) is 14.2 Å². The van der Waals surface area contributed by atoms with E-state index in [2.05, 4.69) is 50.0 Å². The van der Waals surface area contributed by atoms with Crippen LogP contribution < -0.4 is 4.74 Å². The van der Waals surface area contributed by atoms with Crippen LogP contribution in [-0.2, 0) is 27.8 Å². The average molecular weight is 472 g/mol. The summed E-state index contributed by atoms with van der Waals surface area (Å²) in [5, 5.41) is 12.1. The zero-order chi connectivity index (χ0) is 24.0. The molecule has 0 spiro atoms. The van der Waals surface area contributed by atoms with E-state index in [0.717, 1.165) is 16.3 Å². The lowest BCUT2D eigenvalue weighted by atomic mass is 9.87. The number of rotatable bonds is 10. The Bertz CT molecular complexity index is 1070. The maximum Gasteiger partial charge on any atom is 0.333 e. The zero-order valence-corrected chi connectivity index (χ0v) is 20.2. The van der Waals surface area contributed by atoms with Crippen molar-refractivity contribution in [2.24, 2.45) is 0 Å². The van der Waals surface area contributed by atoms with Gasteiger partial charge in [0.25, 0.3) is 0 Å². The van der Waals surface area contributed by atoms with E-state index in [9.17, 15) is 14.3 Å². The van der Waals surface area contributed by atoms with Crippen LogP contribution in [0, 0.1) is 5.82 Å². The zero-order valence-electron chi connectivity index (χ0n) is 19.4. The van der Waals surface area contributed by atoms with Gasteiger partial charge in [-0.1, -0.05) is 51.1 Å². The number of benzene rings is 2. The molecular weight excluding hydrogens is 441 g/mol. The lowest BCUT2D eigenvalue weighted by Crippen LogP contribution is -2.26. The number of aliphatic carboxylic acids is 1. The van der Waals surface area contributed by atoms with Crippen LogP contribution in [0.5, 0.6) is 5.75 Å². The molecule has 3 rings (SSSR count). The summed E-state index contributed by atoms with van der Waals surface area (Å²) in [6, 6.07) is 13.0. The standard InChI is InChI=1S/C26H30FNO4S/c1-5-31-23(25(29)30)15-17-6-11-22(21(27)14-17)32-13-12-20-16-33-24(28-20)18-7-9-19(10-8-18)26(2,3)4/h6-11,14,16,23H,5,12-13,15H2,1-4H3,(H,29,30). The summed E-state index contributed by atoms with van der Waals surface area (Å²) in [5.41, 5.74) is 3.91. The highest BCUT2D eigenvalue weighted by Crippen LogP contribution is 2.28. The quantitative estimate of drug-likeness (QED) is 0.399. The van der Waals surface area contributed by atoms with Gasteiger partial charge in [0, 0.05) is 30.4 Å². The summed E-state index contributed by atoms with van der Waals surface area (Å²) in [6.07, 6.45) is -0.341. The first-order valence-corrected chi connectivity index (χ1v) is 11.9. The Morgan fingerprint density at radius 3 is 2.52 bits per heavy atom. The molecular formula is C26H30FNO4S. The van der Waals surface area contributed by atoms with E-state index >= 15 is 0 Å². The van der Waals surface area contributed by atoms with Crippen molar-refractivity contribution in [2.75, 3.05) is 13.2 Å². The van der Waals surface area contributed by atoms with E-state index in [4.69, 9.17) is 9.47 Å². The molecule has 0 radical (unpaired) electrons. The predicted molar refractivity (Wildman–Crippen MR) is 129 cm³/mol. The minimum absolute atomic E-state index is 0.0959. The molecule has 7 heteroatoms. The monoisotopic (exact) mass is 471 g/mol. The van der Waals surface area contributed by atoms with Crippen molar-refractivity contribution in [3.8, 4) is 16.3 Å². The first-order chi connectivity index (χ1) is 15.7. The molecule has 1 N–H and O–H groups in total. The summed E-state index contributed by atoms with van der Waals surface area (Å²) in [5.74, 6) is -1.45. The van der Waals surface area contributed by atoms with Gasteiger partial charge in [-0.15, -0.1) is 11.3 Å². The minimum atomic E-state index is -1.06. The smallest absolute Gasteiger partial charge is 0.333 e. The van der Waals surface area contributed by atoms with Gasteiger partial charge in [0.05, 0.1) is 12.3 Å². The van der Waals surface area contributed by atoms with E-state index in [0.29, 0.717) is 18.6 Å². The highest BCUT2D eigenvalue weighted by molar-refractivity contribution is 7.13. The summed E-state index contributed by atoms with van der Waals surface area (Å²) in [7, 11) is 0. The van der Waals surface area contributed by atoms with E-state index < -0.39 is 17.9 Å². The molecule has 1 atom stereocenters. The number of carboxylic acid groups (broad SMARTS) is 1. The van der Waals surface area contributed by atoms with E-state index in [-0.39, 0.29) is 24.2 Å². The van der Waals surface area contributed by atoms with Gasteiger partial charge in [0.1, 0.15) is 5.01 Å². The number of carboxylic acids is 1. The molecule has 0 saturated carbocycles. The molecule has 0 amide bonds. The molecule has 0 aliphatic carbocycles. The fourth-order valence-corrected chi connectivity index (χ4v) is 4.21. The minimum Gasteiger partial charge on any atom is -0.490 e. The molecule has 0 bridgehead atoms. The van der Waals surface area contributed by atoms with Crippen molar-refractivity contribution in [1.29, 1.82) is 0 Å². The van der Waals surface area contributed by atoms with Crippen molar-refractivity contribution < 1.29 is 23.8 Å². The van der Waals surface area contributed by atoms with Gasteiger partial charge in [0.2, 0.25) is 0 Å². The largest absolute Gasteiger partial charge is 0.490 e. The van der Waals surface area contributed by atoms with E-state index in [1.54, 1.807) is 24.3 Å². The number of aromatic nitrogens is 1. The third kappa shape index (κ3) is 6.85. The molecule has 176 valence electrons. The summed E-state index contributed by atoms with van der Waals surface area (Å²) >= 11 is 1.58. The molecule has 3 aromatic rings. The number of hydrogen-bond acceptors (Lipinski definition) is 5. The van der Waals surface area contributed by atoms with Crippen LogP contribution in [-0.4, -0.2) is 35.4 Å². The fourth-order valence-electron chi connectivity index (χ4n) is 3.35. The van der Waals surface area contributed by atoms with Crippen molar-refractivity contribution in [3.05, 3.63) is 70.5 Å². The molecule has 1 aromatic heterocycles. The van der Waals surface area contributed by atoms with Crippen molar-refractivity contribution in [3.63, 3.8) is 0 Å². The number of ether oxygens (including phenoxy) is 2. The molecule has 0 fully saturated rings. The molecule has 0 saturated heterocycles. The first kappa shape index (κ1) is 24.9. The first-order valence-electron chi connectivity index (χ1n) is 11.0.